The second-order valence-corrected chi connectivity index (χ2v) is 6.44. The van der Waals surface area contributed by atoms with Gasteiger partial charge in [-0.25, -0.2) is 0 Å². The van der Waals surface area contributed by atoms with Crippen LogP contribution in [0.4, 0.5) is 0 Å². The summed E-state index contributed by atoms with van der Waals surface area (Å²) in [4.78, 5) is 13.5. The average molecular weight is 225 g/mol. The minimum atomic E-state index is -0.618. The zero-order chi connectivity index (χ0) is 11.9. The molecule has 1 saturated carbocycles. The van der Waals surface area contributed by atoms with Crippen molar-refractivity contribution in [1.29, 1.82) is 0 Å². The standard InChI is InChI=1S/C13H23NO2/c1-9-7-14(8-11(9)12(15)16)10-4-5-13(2,3)6-10/h9-11H,4-8H2,1-3H3,(H,15,16). The Bertz CT molecular complexity index is 288. The first-order valence-corrected chi connectivity index (χ1v) is 6.36. The Balaban J connectivity index is 1.96. The molecule has 0 radical (unpaired) electrons. The minimum Gasteiger partial charge on any atom is -0.481 e. The van der Waals surface area contributed by atoms with E-state index in [1.807, 2.05) is 0 Å². The van der Waals surface area contributed by atoms with E-state index in [4.69, 9.17) is 5.11 Å². The van der Waals surface area contributed by atoms with Crippen LogP contribution in [-0.4, -0.2) is 35.1 Å². The molecule has 0 aromatic carbocycles. The van der Waals surface area contributed by atoms with Crippen molar-refractivity contribution in [2.75, 3.05) is 13.1 Å². The Morgan fingerprint density at radius 1 is 1.38 bits per heavy atom. The Morgan fingerprint density at radius 3 is 2.50 bits per heavy atom. The number of carboxylic acids is 1. The van der Waals surface area contributed by atoms with Gasteiger partial charge in [0.2, 0.25) is 0 Å². The van der Waals surface area contributed by atoms with Crippen molar-refractivity contribution in [3.05, 3.63) is 0 Å². The van der Waals surface area contributed by atoms with E-state index >= 15 is 0 Å². The molecule has 2 rings (SSSR count). The van der Waals surface area contributed by atoms with Crippen LogP contribution in [0.3, 0.4) is 0 Å². The van der Waals surface area contributed by atoms with Crippen LogP contribution in [0.25, 0.3) is 0 Å². The highest BCUT2D eigenvalue weighted by Gasteiger charge is 2.41. The third kappa shape index (κ3) is 2.24. The van der Waals surface area contributed by atoms with Gasteiger partial charge in [-0.1, -0.05) is 20.8 Å². The Kier molecular flexibility index (Phi) is 2.99. The van der Waals surface area contributed by atoms with E-state index in [1.54, 1.807) is 0 Å². The van der Waals surface area contributed by atoms with E-state index in [2.05, 4.69) is 25.7 Å². The van der Waals surface area contributed by atoms with Gasteiger partial charge in [-0.15, -0.1) is 0 Å². The molecule has 1 heterocycles. The monoisotopic (exact) mass is 225 g/mol. The highest BCUT2D eigenvalue weighted by molar-refractivity contribution is 5.71. The number of carbonyl (C=O) groups is 1. The quantitative estimate of drug-likeness (QED) is 0.783. The molecule has 0 amide bonds. The number of likely N-dealkylation sites (tertiary alicyclic amines) is 1. The fraction of sp³-hybridized carbons (Fsp3) is 0.923. The minimum absolute atomic E-state index is 0.149. The van der Waals surface area contributed by atoms with Gasteiger partial charge in [0.15, 0.2) is 0 Å². The van der Waals surface area contributed by atoms with Crippen LogP contribution in [0.2, 0.25) is 0 Å². The second kappa shape index (κ2) is 4.02. The van der Waals surface area contributed by atoms with Gasteiger partial charge < -0.3 is 5.11 Å². The SMILES string of the molecule is CC1CN(C2CCC(C)(C)C2)CC1C(=O)O. The molecule has 3 heteroatoms. The van der Waals surface area contributed by atoms with Gasteiger partial charge in [0, 0.05) is 19.1 Å². The number of carboxylic acid groups (broad SMARTS) is 1. The van der Waals surface area contributed by atoms with E-state index in [9.17, 15) is 4.79 Å². The molecule has 1 N–H and O–H groups in total. The molecule has 0 spiro atoms. The topological polar surface area (TPSA) is 40.5 Å². The predicted octanol–water partition coefficient (Wildman–Crippen LogP) is 2.22. The van der Waals surface area contributed by atoms with Gasteiger partial charge in [0.05, 0.1) is 5.92 Å². The van der Waals surface area contributed by atoms with Crippen LogP contribution in [0.5, 0.6) is 0 Å². The Labute approximate surface area is 97.8 Å². The molecule has 1 aliphatic heterocycles. The number of rotatable bonds is 2. The number of hydrogen-bond donors (Lipinski definition) is 1. The summed E-state index contributed by atoms with van der Waals surface area (Å²) in [6.45, 7) is 8.44. The van der Waals surface area contributed by atoms with Crippen molar-refractivity contribution in [3.8, 4) is 0 Å². The molecular formula is C13H23NO2. The summed E-state index contributed by atoms with van der Waals surface area (Å²) in [5, 5.41) is 9.12. The molecule has 0 aromatic heterocycles. The molecule has 2 fully saturated rings. The fourth-order valence-electron chi connectivity index (χ4n) is 3.33. The zero-order valence-electron chi connectivity index (χ0n) is 10.6. The predicted molar refractivity (Wildman–Crippen MR) is 63.3 cm³/mol. The van der Waals surface area contributed by atoms with E-state index in [0.717, 1.165) is 13.1 Å². The van der Waals surface area contributed by atoms with E-state index in [1.165, 1.54) is 19.3 Å². The van der Waals surface area contributed by atoms with Crippen molar-refractivity contribution >= 4 is 5.97 Å². The van der Waals surface area contributed by atoms with Crippen LogP contribution in [0, 0.1) is 17.3 Å². The molecule has 0 aromatic rings. The molecule has 1 saturated heterocycles. The summed E-state index contributed by atoms with van der Waals surface area (Å²) in [7, 11) is 0. The lowest BCUT2D eigenvalue weighted by Gasteiger charge is -2.25. The summed E-state index contributed by atoms with van der Waals surface area (Å²) in [6.07, 6.45) is 3.75. The van der Waals surface area contributed by atoms with E-state index < -0.39 is 5.97 Å². The van der Waals surface area contributed by atoms with Crippen molar-refractivity contribution in [1.82, 2.24) is 4.90 Å². The fourth-order valence-corrected chi connectivity index (χ4v) is 3.33. The zero-order valence-corrected chi connectivity index (χ0v) is 10.6. The third-order valence-electron chi connectivity index (χ3n) is 4.42. The van der Waals surface area contributed by atoms with Crippen molar-refractivity contribution < 1.29 is 9.90 Å². The number of nitrogens with zero attached hydrogens (tertiary/aromatic N) is 1. The van der Waals surface area contributed by atoms with Crippen molar-refractivity contribution in [2.45, 2.75) is 46.1 Å². The lowest BCUT2D eigenvalue weighted by Crippen LogP contribution is -2.32. The number of aliphatic carboxylic acids is 1. The Hall–Kier alpha value is -0.570. The number of hydrogen-bond acceptors (Lipinski definition) is 2. The summed E-state index contributed by atoms with van der Waals surface area (Å²) in [6, 6.07) is 0.627. The van der Waals surface area contributed by atoms with Crippen LogP contribution in [-0.2, 0) is 4.79 Å². The first-order chi connectivity index (χ1) is 7.39. The third-order valence-corrected chi connectivity index (χ3v) is 4.42. The van der Waals surface area contributed by atoms with Crippen LogP contribution < -0.4 is 0 Å². The van der Waals surface area contributed by atoms with Gasteiger partial charge in [0.1, 0.15) is 0 Å². The highest BCUT2D eigenvalue weighted by Crippen LogP contribution is 2.41. The Morgan fingerprint density at radius 2 is 2.06 bits per heavy atom. The summed E-state index contributed by atoms with van der Waals surface area (Å²) in [5.41, 5.74) is 0.454. The van der Waals surface area contributed by atoms with Crippen molar-refractivity contribution in [2.24, 2.45) is 17.3 Å². The molecule has 3 nitrogen and oxygen atoms in total. The van der Waals surface area contributed by atoms with Gasteiger partial charge in [-0.05, 0) is 30.6 Å². The maximum Gasteiger partial charge on any atom is 0.308 e. The molecule has 2 aliphatic rings. The molecule has 3 unspecified atom stereocenters. The van der Waals surface area contributed by atoms with Crippen LogP contribution in [0.1, 0.15) is 40.0 Å². The van der Waals surface area contributed by atoms with Crippen LogP contribution in [0.15, 0.2) is 0 Å². The maximum absolute atomic E-state index is 11.1. The van der Waals surface area contributed by atoms with Gasteiger partial charge >= 0.3 is 5.97 Å². The lowest BCUT2D eigenvalue weighted by atomic mass is 9.91. The average Bonchev–Trinajstić information content (AvgIpc) is 2.69. The molecule has 0 bridgehead atoms. The smallest absolute Gasteiger partial charge is 0.308 e. The first kappa shape index (κ1) is 11.9. The normalized spacial score (nSPS) is 39.1. The molecule has 92 valence electrons. The van der Waals surface area contributed by atoms with E-state index in [0.29, 0.717) is 17.4 Å². The van der Waals surface area contributed by atoms with Gasteiger partial charge in [-0.3, -0.25) is 9.69 Å². The van der Waals surface area contributed by atoms with E-state index in [-0.39, 0.29) is 5.92 Å². The second-order valence-electron chi connectivity index (χ2n) is 6.44. The molecule has 3 atom stereocenters. The van der Waals surface area contributed by atoms with Crippen LogP contribution >= 0.6 is 0 Å². The summed E-state index contributed by atoms with van der Waals surface area (Å²) < 4.78 is 0. The lowest BCUT2D eigenvalue weighted by molar-refractivity contribution is -0.142. The van der Waals surface area contributed by atoms with Gasteiger partial charge in [-0.2, -0.15) is 0 Å². The maximum atomic E-state index is 11.1. The summed E-state index contributed by atoms with van der Waals surface area (Å²) in [5.74, 6) is -0.461. The molecular weight excluding hydrogens is 202 g/mol. The molecule has 16 heavy (non-hydrogen) atoms. The molecule has 1 aliphatic carbocycles. The van der Waals surface area contributed by atoms with Crippen molar-refractivity contribution in [3.63, 3.8) is 0 Å². The first-order valence-electron chi connectivity index (χ1n) is 6.36. The largest absolute Gasteiger partial charge is 0.481 e. The summed E-state index contributed by atoms with van der Waals surface area (Å²) >= 11 is 0. The highest BCUT2D eigenvalue weighted by atomic mass is 16.4. The van der Waals surface area contributed by atoms with Gasteiger partial charge in [0.25, 0.3) is 0 Å².